The molecular weight excluding hydrogens is 330 g/mol. The molecule has 1 N–H and O–H groups in total. The van der Waals surface area contributed by atoms with Crippen molar-refractivity contribution < 1.29 is 9.15 Å². The number of nitrogens with one attached hydrogen (secondary N) is 1. The second-order valence-corrected chi connectivity index (χ2v) is 6.07. The van der Waals surface area contributed by atoms with Crippen molar-refractivity contribution >= 4 is 34.0 Å². The van der Waals surface area contributed by atoms with Gasteiger partial charge in [-0.1, -0.05) is 48.6 Å². The SMILES string of the molecule is S=C(Nc1ccccc1)Sc1nnc(COc2ccccc2)o1. The van der Waals surface area contributed by atoms with Crippen LogP contribution in [-0.4, -0.2) is 14.5 Å². The van der Waals surface area contributed by atoms with Crippen LogP contribution in [-0.2, 0) is 6.61 Å². The number of ether oxygens (including phenoxy) is 1. The molecule has 0 bridgehead atoms. The highest BCUT2D eigenvalue weighted by Gasteiger charge is 2.10. The van der Waals surface area contributed by atoms with Crippen molar-refractivity contribution in [1.29, 1.82) is 0 Å². The maximum absolute atomic E-state index is 5.55. The first-order valence-corrected chi connectivity index (χ1v) is 8.06. The van der Waals surface area contributed by atoms with Gasteiger partial charge in [0.2, 0.25) is 0 Å². The Balaban J connectivity index is 1.52. The highest BCUT2D eigenvalue weighted by Crippen LogP contribution is 2.20. The molecule has 0 saturated heterocycles. The van der Waals surface area contributed by atoms with Crippen LogP contribution in [0.15, 0.2) is 70.3 Å². The molecule has 23 heavy (non-hydrogen) atoms. The number of thioether (sulfide) groups is 1. The van der Waals surface area contributed by atoms with E-state index in [0.717, 1.165) is 11.4 Å². The van der Waals surface area contributed by atoms with Gasteiger partial charge in [0.25, 0.3) is 11.1 Å². The lowest BCUT2D eigenvalue weighted by Crippen LogP contribution is -2.03. The number of thiocarbonyl (C=S) groups is 1. The molecule has 116 valence electrons. The van der Waals surface area contributed by atoms with Crippen LogP contribution in [0.4, 0.5) is 5.69 Å². The monoisotopic (exact) mass is 343 g/mol. The van der Waals surface area contributed by atoms with E-state index >= 15 is 0 Å². The Hall–Kier alpha value is -2.38. The van der Waals surface area contributed by atoms with Gasteiger partial charge in [0, 0.05) is 17.4 Å². The first kappa shape index (κ1) is 15.5. The Morgan fingerprint density at radius 2 is 1.74 bits per heavy atom. The van der Waals surface area contributed by atoms with Gasteiger partial charge >= 0.3 is 0 Å². The topological polar surface area (TPSA) is 60.2 Å². The van der Waals surface area contributed by atoms with Crippen molar-refractivity contribution in [3.63, 3.8) is 0 Å². The Bertz CT molecular complexity index is 763. The van der Waals surface area contributed by atoms with E-state index < -0.39 is 0 Å². The van der Waals surface area contributed by atoms with Crippen molar-refractivity contribution in [3.8, 4) is 5.75 Å². The van der Waals surface area contributed by atoms with E-state index in [2.05, 4.69) is 15.5 Å². The van der Waals surface area contributed by atoms with Crippen LogP contribution >= 0.6 is 24.0 Å². The molecule has 0 saturated carbocycles. The summed E-state index contributed by atoms with van der Waals surface area (Å²) in [5, 5.41) is 11.4. The standard InChI is InChI=1S/C16H13N3O2S2/c22-16(17-12-7-3-1-4-8-12)23-15-19-18-14(21-15)11-20-13-9-5-2-6-10-13/h1-10H,11H2,(H,17,22). The zero-order valence-corrected chi connectivity index (χ0v) is 13.6. The number of anilines is 1. The van der Waals surface area contributed by atoms with Gasteiger partial charge in [-0.25, -0.2) is 0 Å². The largest absolute Gasteiger partial charge is 0.484 e. The van der Waals surface area contributed by atoms with E-state index in [1.807, 2.05) is 60.7 Å². The van der Waals surface area contributed by atoms with Crippen molar-refractivity contribution in [3.05, 3.63) is 66.6 Å². The third-order valence-corrected chi connectivity index (χ3v) is 3.73. The lowest BCUT2D eigenvalue weighted by molar-refractivity contribution is 0.252. The lowest BCUT2D eigenvalue weighted by atomic mass is 10.3. The quantitative estimate of drug-likeness (QED) is 0.552. The number of rotatable bonds is 5. The van der Waals surface area contributed by atoms with Gasteiger partial charge in [-0.2, -0.15) is 0 Å². The minimum atomic E-state index is 0.219. The molecule has 1 heterocycles. The number of hydrogen-bond acceptors (Lipinski definition) is 6. The van der Waals surface area contributed by atoms with E-state index in [-0.39, 0.29) is 6.61 Å². The van der Waals surface area contributed by atoms with Crippen LogP contribution in [0.2, 0.25) is 0 Å². The maximum atomic E-state index is 5.55. The summed E-state index contributed by atoms with van der Waals surface area (Å²) in [5.74, 6) is 1.15. The number of hydrogen-bond donors (Lipinski definition) is 1. The fourth-order valence-electron chi connectivity index (χ4n) is 1.74. The van der Waals surface area contributed by atoms with Crippen molar-refractivity contribution in [2.45, 2.75) is 11.8 Å². The van der Waals surface area contributed by atoms with Gasteiger partial charge in [0.1, 0.15) is 10.1 Å². The summed E-state index contributed by atoms with van der Waals surface area (Å²) >= 11 is 6.47. The van der Waals surface area contributed by atoms with Crippen molar-refractivity contribution in [1.82, 2.24) is 10.2 Å². The summed E-state index contributed by atoms with van der Waals surface area (Å²) in [6.07, 6.45) is 0. The van der Waals surface area contributed by atoms with Crippen LogP contribution in [0, 0.1) is 0 Å². The molecule has 0 radical (unpaired) electrons. The van der Waals surface area contributed by atoms with Gasteiger partial charge in [0.15, 0.2) is 6.61 Å². The second kappa shape index (κ2) is 7.75. The Morgan fingerprint density at radius 1 is 1.04 bits per heavy atom. The molecule has 0 spiro atoms. The minimum absolute atomic E-state index is 0.219. The molecule has 3 rings (SSSR count). The molecule has 0 unspecified atom stereocenters. The summed E-state index contributed by atoms with van der Waals surface area (Å²) < 4.78 is 11.6. The molecule has 2 aromatic carbocycles. The van der Waals surface area contributed by atoms with Gasteiger partial charge in [-0.15, -0.1) is 10.2 Å². The molecule has 5 nitrogen and oxygen atoms in total. The van der Waals surface area contributed by atoms with Crippen molar-refractivity contribution in [2.24, 2.45) is 0 Å². The second-order valence-electron chi connectivity index (χ2n) is 4.44. The van der Waals surface area contributed by atoms with Crippen LogP contribution in [0.3, 0.4) is 0 Å². The molecule has 7 heteroatoms. The average molecular weight is 343 g/mol. The van der Waals surface area contributed by atoms with E-state index in [0.29, 0.717) is 15.4 Å². The van der Waals surface area contributed by atoms with E-state index in [1.165, 1.54) is 11.8 Å². The number of nitrogens with zero attached hydrogens (tertiary/aromatic N) is 2. The zero-order chi connectivity index (χ0) is 15.9. The van der Waals surface area contributed by atoms with E-state index in [9.17, 15) is 0 Å². The first-order valence-electron chi connectivity index (χ1n) is 6.84. The van der Waals surface area contributed by atoms with Gasteiger partial charge in [0.05, 0.1) is 0 Å². The highest BCUT2D eigenvalue weighted by molar-refractivity contribution is 8.23. The average Bonchev–Trinajstić information content (AvgIpc) is 3.02. The molecule has 0 aliphatic rings. The molecule has 0 amide bonds. The maximum Gasteiger partial charge on any atom is 0.283 e. The molecule has 0 atom stereocenters. The first-order chi connectivity index (χ1) is 11.3. The van der Waals surface area contributed by atoms with Gasteiger partial charge < -0.3 is 14.5 Å². The van der Waals surface area contributed by atoms with Crippen LogP contribution in [0.5, 0.6) is 5.75 Å². The Kier molecular flexibility index (Phi) is 5.23. The van der Waals surface area contributed by atoms with Crippen LogP contribution in [0.1, 0.15) is 5.89 Å². The summed E-state index contributed by atoms with van der Waals surface area (Å²) in [4.78, 5) is 0. The van der Waals surface area contributed by atoms with Gasteiger partial charge in [-0.05, 0) is 24.3 Å². The fourth-order valence-corrected chi connectivity index (χ4v) is 2.62. The molecular formula is C16H13N3O2S2. The van der Waals surface area contributed by atoms with Crippen molar-refractivity contribution in [2.75, 3.05) is 5.32 Å². The Labute approximate surface area is 143 Å². The molecule has 3 aromatic rings. The summed E-state index contributed by atoms with van der Waals surface area (Å²) in [6.45, 7) is 0.219. The molecule has 0 aliphatic heterocycles. The molecule has 1 aromatic heterocycles. The lowest BCUT2D eigenvalue weighted by Gasteiger charge is -2.04. The third kappa shape index (κ3) is 4.80. The number of aromatic nitrogens is 2. The summed E-state index contributed by atoms with van der Waals surface area (Å²) in [7, 11) is 0. The summed E-state index contributed by atoms with van der Waals surface area (Å²) in [5.41, 5.74) is 0.914. The van der Waals surface area contributed by atoms with E-state index in [4.69, 9.17) is 21.4 Å². The van der Waals surface area contributed by atoms with Gasteiger partial charge in [-0.3, -0.25) is 0 Å². The predicted octanol–water partition coefficient (Wildman–Crippen LogP) is 4.14. The van der Waals surface area contributed by atoms with E-state index in [1.54, 1.807) is 0 Å². The molecule has 0 aliphatic carbocycles. The number of benzene rings is 2. The normalized spacial score (nSPS) is 10.3. The highest BCUT2D eigenvalue weighted by atomic mass is 32.2. The fraction of sp³-hybridized carbons (Fsp3) is 0.0625. The summed E-state index contributed by atoms with van der Waals surface area (Å²) in [6, 6.07) is 19.1. The zero-order valence-electron chi connectivity index (χ0n) is 12.0. The predicted molar refractivity (Wildman–Crippen MR) is 93.6 cm³/mol. The Morgan fingerprint density at radius 3 is 2.48 bits per heavy atom. The minimum Gasteiger partial charge on any atom is -0.484 e. The molecule has 0 fully saturated rings. The smallest absolute Gasteiger partial charge is 0.283 e. The number of para-hydroxylation sites is 2. The van der Waals surface area contributed by atoms with Crippen LogP contribution in [0.25, 0.3) is 0 Å². The van der Waals surface area contributed by atoms with Crippen LogP contribution < -0.4 is 10.1 Å². The third-order valence-electron chi connectivity index (χ3n) is 2.75.